The molecule has 1 aliphatic rings. The summed E-state index contributed by atoms with van der Waals surface area (Å²) in [6.07, 6.45) is 1.40. The second-order valence-corrected chi connectivity index (χ2v) is 12.0. The van der Waals surface area contributed by atoms with Crippen molar-refractivity contribution in [3.8, 4) is 0 Å². The van der Waals surface area contributed by atoms with Crippen molar-refractivity contribution in [2.24, 2.45) is 5.92 Å². The highest BCUT2D eigenvalue weighted by Gasteiger charge is 2.31. The SMILES string of the molecule is CCOC(=O)[C@H]1CCCN(c2ccc(NC(=O)c3cccc(Br)c3)cc2S(=O)(=O)N[C@H](C)c2ccccc2)C1. The molecule has 0 bridgehead atoms. The summed E-state index contributed by atoms with van der Waals surface area (Å²) >= 11 is 3.37. The number of hydrogen-bond donors (Lipinski definition) is 2. The second-order valence-electron chi connectivity index (χ2n) is 9.44. The molecule has 2 atom stereocenters. The van der Waals surface area contributed by atoms with Crippen molar-refractivity contribution in [2.75, 3.05) is 29.9 Å². The highest BCUT2D eigenvalue weighted by molar-refractivity contribution is 9.10. The molecule has 206 valence electrons. The Morgan fingerprint density at radius 2 is 1.85 bits per heavy atom. The molecule has 1 saturated heterocycles. The van der Waals surface area contributed by atoms with Crippen LogP contribution in [0.1, 0.15) is 48.7 Å². The monoisotopic (exact) mass is 613 g/mol. The van der Waals surface area contributed by atoms with Gasteiger partial charge in [0.15, 0.2) is 0 Å². The van der Waals surface area contributed by atoms with E-state index >= 15 is 0 Å². The lowest BCUT2D eigenvalue weighted by molar-refractivity contribution is -0.148. The van der Waals surface area contributed by atoms with Crippen LogP contribution in [0.2, 0.25) is 0 Å². The van der Waals surface area contributed by atoms with Crippen molar-refractivity contribution in [3.63, 3.8) is 0 Å². The standard InChI is InChI=1S/C29H32BrN3O5S/c1-3-38-29(35)23-12-8-16-33(19-23)26-15-14-25(31-28(34)22-11-7-13-24(30)17-22)18-27(26)39(36,37)32-20(2)21-9-5-4-6-10-21/h4-7,9-11,13-15,17-18,20,23,32H,3,8,12,16,19H2,1-2H3,(H,31,34)/t20-,23+/m1/s1. The summed E-state index contributed by atoms with van der Waals surface area (Å²) in [6.45, 7) is 4.78. The second kappa shape index (κ2) is 12.8. The van der Waals surface area contributed by atoms with Crippen LogP contribution in [0, 0.1) is 5.92 Å². The number of piperidine rings is 1. The molecule has 0 saturated carbocycles. The molecule has 10 heteroatoms. The molecule has 1 fully saturated rings. The topological polar surface area (TPSA) is 105 Å². The molecule has 0 spiro atoms. The molecule has 0 radical (unpaired) electrons. The van der Waals surface area contributed by atoms with E-state index in [-0.39, 0.29) is 22.7 Å². The maximum atomic E-state index is 13.8. The molecule has 4 rings (SSSR count). The number of halogens is 1. The number of benzene rings is 3. The number of nitrogens with zero attached hydrogens (tertiary/aromatic N) is 1. The molecule has 0 aromatic heterocycles. The summed E-state index contributed by atoms with van der Waals surface area (Å²) in [7, 11) is -4.03. The Morgan fingerprint density at radius 3 is 2.56 bits per heavy atom. The van der Waals surface area contributed by atoms with Gasteiger partial charge in [-0.2, -0.15) is 0 Å². The number of nitrogens with one attached hydrogen (secondary N) is 2. The van der Waals surface area contributed by atoms with Gasteiger partial charge in [0.2, 0.25) is 10.0 Å². The van der Waals surface area contributed by atoms with Crippen LogP contribution < -0.4 is 14.9 Å². The number of sulfonamides is 1. The number of rotatable bonds is 9. The maximum absolute atomic E-state index is 13.8. The third kappa shape index (κ3) is 7.26. The summed E-state index contributed by atoms with van der Waals surface area (Å²) in [5, 5.41) is 2.81. The van der Waals surface area contributed by atoms with Crippen molar-refractivity contribution < 1.29 is 22.7 Å². The van der Waals surface area contributed by atoms with E-state index in [4.69, 9.17) is 4.74 Å². The summed E-state index contributed by atoms with van der Waals surface area (Å²) < 4.78 is 36.4. The fourth-order valence-electron chi connectivity index (χ4n) is 4.66. The molecular weight excluding hydrogens is 582 g/mol. The molecule has 3 aromatic carbocycles. The molecule has 1 heterocycles. The zero-order chi connectivity index (χ0) is 28.0. The summed E-state index contributed by atoms with van der Waals surface area (Å²) in [5.74, 6) is -0.986. The fourth-order valence-corrected chi connectivity index (χ4v) is 6.54. The van der Waals surface area contributed by atoms with Gasteiger partial charge < -0.3 is 15.0 Å². The van der Waals surface area contributed by atoms with E-state index in [1.807, 2.05) is 41.3 Å². The number of anilines is 2. The molecule has 3 aromatic rings. The van der Waals surface area contributed by atoms with Crippen molar-refractivity contribution in [1.82, 2.24) is 4.72 Å². The van der Waals surface area contributed by atoms with Gasteiger partial charge in [0, 0.05) is 34.9 Å². The van der Waals surface area contributed by atoms with E-state index in [0.29, 0.717) is 43.1 Å². The minimum absolute atomic E-state index is 0.0295. The predicted octanol–water partition coefficient (Wildman–Crippen LogP) is 5.52. The number of carbonyl (C=O) groups excluding carboxylic acids is 2. The van der Waals surface area contributed by atoms with Crippen LogP contribution in [0.25, 0.3) is 0 Å². The Kier molecular flexibility index (Phi) is 9.42. The van der Waals surface area contributed by atoms with E-state index in [9.17, 15) is 18.0 Å². The van der Waals surface area contributed by atoms with Crippen molar-refractivity contribution in [3.05, 3.63) is 88.4 Å². The van der Waals surface area contributed by atoms with Crippen LogP contribution in [0.4, 0.5) is 11.4 Å². The number of carbonyl (C=O) groups is 2. The molecular formula is C29H32BrN3O5S. The van der Waals surface area contributed by atoms with Gasteiger partial charge in [-0.15, -0.1) is 0 Å². The van der Waals surface area contributed by atoms with E-state index in [0.717, 1.165) is 16.5 Å². The Balaban J connectivity index is 1.68. The number of amides is 1. The lowest BCUT2D eigenvalue weighted by atomic mass is 9.97. The summed E-state index contributed by atoms with van der Waals surface area (Å²) in [4.78, 5) is 27.3. The van der Waals surface area contributed by atoms with Crippen molar-refractivity contribution in [2.45, 2.75) is 37.6 Å². The zero-order valence-corrected chi connectivity index (χ0v) is 24.3. The van der Waals surface area contributed by atoms with Crippen molar-refractivity contribution in [1.29, 1.82) is 0 Å². The van der Waals surface area contributed by atoms with Gasteiger partial charge in [0.1, 0.15) is 4.90 Å². The number of hydrogen-bond acceptors (Lipinski definition) is 6. The van der Waals surface area contributed by atoms with E-state index in [2.05, 4.69) is 26.0 Å². The average molecular weight is 615 g/mol. The van der Waals surface area contributed by atoms with E-state index in [1.54, 1.807) is 44.2 Å². The largest absolute Gasteiger partial charge is 0.466 e. The van der Waals surface area contributed by atoms with Gasteiger partial charge in [-0.1, -0.05) is 52.3 Å². The first-order chi connectivity index (χ1) is 18.7. The third-order valence-corrected chi connectivity index (χ3v) is 8.67. The Hall–Kier alpha value is -3.21. The predicted molar refractivity (Wildman–Crippen MR) is 155 cm³/mol. The lowest BCUT2D eigenvalue weighted by Gasteiger charge is -2.34. The first kappa shape index (κ1) is 28.8. The molecule has 1 aliphatic heterocycles. The minimum atomic E-state index is -4.03. The third-order valence-electron chi connectivity index (χ3n) is 6.61. The zero-order valence-electron chi connectivity index (χ0n) is 21.9. The van der Waals surface area contributed by atoms with Gasteiger partial charge >= 0.3 is 5.97 Å². The molecule has 2 N–H and O–H groups in total. The smallest absolute Gasteiger partial charge is 0.310 e. The highest BCUT2D eigenvalue weighted by atomic mass is 79.9. The fraction of sp³-hybridized carbons (Fsp3) is 0.310. The van der Waals surface area contributed by atoms with Crippen LogP contribution in [-0.2, 0) is 19.6 Å². The first-order valence-corrected chi connectivity index (χ1v) is 15.2. The van der Waals surface area contributed by atoms with Crippen LogP contribution >= 0.6 is 15.9 Å². The van der Waals surface area contributed by atoms with Gasteiger partial charge in [0.05, 0.1) is 18.2 Å². The van der Waals surface area contributed by atoms with Gasteiger partial charge in [-0.05, 0) is 68.7 Å². The number of esters is 1. The molecule has 0 unspecified atom stereocenters. The average Bonchev–Trinajstić information content (AvgIpc) is 2.93. The van der Waals surface area contributed by atoms with Crippen LogP contribution in [0.15, 0.2) is 82.2 Å². The minimum Gasteiger partial charge on any atom is -0.466 e. The normalized spacial score (nSPS) is 16.4. The van der Waals surface area contributed by atoms with Gasteiger partial charge in [-0.3, -0.25) is 9.59 Å². The first-order valence-electron chi connectivity index (χ1n) is 12.9. The Labute approximate surface area is 237 Å². The number of ether oxygens (including phenoxy) is 1. The summed E-state index contributed by atoms with van der Waals surface area (Å²) in [5.41, 5.74) is 2.07. The van der Waals surface area contributed by atoms with Gasteiger partial charge in [-0.25, -0.2) is 13.1 Å². The Bertz CT molecular complexity index is 1430. The van der Waals surface area contributed by atoms with Crippen LogP contribution in [-0.4, -0.2) is 40.0 Å². The summed E-state index contributed by atoms with van der Waals surface area (Å²) in [6, 6.07) is 20.6. The molecule has 0 aliphatic carbocycles. The van der Waals surface area contributed by atoms with Crippen LogP contribution in [0.3, 0.4) is 0 Å². The molecule has 39 heavy (non-hydrogen) atoms. The maximum Gasteiger partial charge on any atom is 0.310 e. The highest BCUT2D eigenvalue weighted by Crippen LogP contribution is 2.33. The lowest BCUT2D eigenvalue weighted by Crippen LogP contribution is -2.40. The van der Waals surface area contributed by atoms with Crippen LogP contribution in [0.5, 0.6) is 0 Å². The van der Waals surface area contributed by atoms with E-state index in [1.165, 1.54) is 6.07 Å². The quantitative estimate of drug-likeness (QED) is 0.308. The van der Waals surface area contributed by atoms with E-state index < -0.39 is 16.1 Å². The van der Waals surface area contributed by atoms with Gasteiger partial charge in [0.25, 0.3) is 5.91 Å². The van der Waals surface area contributed by atoms with Crippen molar-refractivity contribution >= 4 is 49.2 Å². The molecule has 1 amide bonds. The molecule has 8 nitrogen and oxygen atoms in total. The Morgan fingerprint density at radius 1 is 1.08 bits per heavy atom.